The fourth-order valence-electron chi connectivity index (χ4n) is 3.33. The molecule has 0 spiro atoms. The number of hydrogen-bond acceptors (Lipinski definition) is 5. The van der Waals surface area contributed by atoms with Gasteiger partial charge >= 0.3 is 6.18 Å². The van der Waals surface area contributed by atoms with Crippen molar-refractivity contribution >= 4 is 11.5 Å². The highest BCUT2D eigenvalue weighted by molar-refractivity contribution is 5.81. The molecule has 1 fully saturated rings. The van der Waals surface area contributed by atoms with Gasteiger partial charge in [0.2, 0.25) is 0 Å². The molecule has 1 aromatic carbocycles. The molecular weight excluding hydrogens is 397 g/mol. The lowest BCUT2D eigenvalue weighted by molar-refractivity contribution is -0.153. The standard InChI is InChI=1S/C22H25F3N2O3/c1-16(21-7-6-20(14-26-21)30-15-22(23,24)25)12-19(28)13-17-2-4-18(5-3-17)27-8-10-29-11-9-27/h2-7,14,16H,8-13,15H2,1H3/t16-/m0/s1. The molecule has 2 aromatic rings. The lowest BCUT2D eigenvalue weighted by Gasteiger charge is -2.28. The number of rotatable bonds is 8. The Morgan fingerprint density at radius 1 is 1.17 bits per heavy atom. The summed E-state index contributed by atoms with van der Waals surface area (Å²) < 4.78 is 46.6. The van der Waals surface area contributed by atoms with E-state index >= 15 is 0 Å². The van der Waals surface area contributed by atoms with Gasteiger partial charge in [-0.25, -0.2) is 0 Å². The van der Waals surface area contributed by atoms with Gasteiger partial charge in [-0.3, -0.25) is 9.78 Å². The second-order valence-corrected chi connectivity index (χ2v) is 7.41. The number of ether oxygens (including phenoxy) is 2. The van der Waals surface area contributed by atoms with Gasteiger partial charge in [0, 0.05) is 43.2 Å². The van der Waals surface area contributed by atoms with Crippen LogP contribution >= 0.6 is 0 Å². The molecule has 2 heterocycles. The molecule has 0 N–H and O–H groups in total. The number of anilines is 1. The summed E-state index contributed by atoms with van der Waals surface area (Å²) in [5.41, 5.74) is 2.72. The lowest BCUT2D eigenvalue weighted by Crippen LogP contribution is -2.36. The quantitative estimate of drug-likeness (QED) is 0.639. The first kappa shape index (κ1) is 22.1. The zero-order chi connectivity index (χ0) is 21.6. The summed E-state index contributed by atoms with van der Waals surface area (Å²) >= 11 is 0. The van der Waals surface area contributed by atoms with Gasteiger partial charge in [-0.1, -0.05) is 19.1 Å². The normalized spacial score (nSPS) is 15.7. The summed E-state index contributed by atoms with van der Waals surface area (Å²) in [7, 11) is 0. The number of aromatic nitrogens is 1. The summed E-state index contributed by atoms with van der Waals surface area (Å²) in [5, 5.41) is 0. The number of carbonyl (C=O) groups excluding carboxylic acids is 1. The van der Waals surface area contributed by atoms with E-state index in [4.69, 9.17) is 4.74 Å². The van der Waals surface area contributed by atoms with Crippen LogP contribution in [0.1, 0.15) is 30.5 Å². The Hall–Kier alpha value is -2.61. The maximum absolute atomic E-state index is 12.5. The van der Waals surface area contributed by atoms with Crippen molar-refractivity contribution in [3.63, 3.8) is 0 Å². The zero-order valence-corrected chi connectivity index (χ0v) is 16.8. The molecule has 1 aromatic heterocycles. The van der Waals surface area contributed by atoms with Crippen LogP contribution in [0.3, 0.4) is 0 Å². The van der Waals surface area contributed by atoms with Crippen molar-refractivity contribution in [2.24, 2.45) is 0 Å². The van der Waals surface area contributed by atoms with Crippen LogP contribution in [0.4, 0.5) is 18.9 Å². The topological polar surface area (TPSA) is 51.7 Å². The van der Waals surface area contributed by atoms with E-state index in [0.717, 1.165) is 37.6 Å². The summed E-state index contributed by atoms with van der Waals surface area (Å²) in [6.45, 7) is 3.69. The molecule has 0 amide bonds. The Labute approximate surface area is 173 Å². The first-order valence-electron chi connectivity index (χ1n) is 9.89. The molecule has 30 heavy (non-hydrogen) atoms. The highest BCUT2D eigenvalue weighted by Crippen LogP contribution is 2.23. The fraction of sp³-hybridized carbons (Fsp3) is 0.455. The third kappa shape index (κ3) is 6.73. The minimum Gasteiger partial charge on any atom is -0.483 e. The molecule has 1 saturated heterocycles. The molecule has 1 aliphatic heterocycles. The predicted octanol–water partition coefficient (Wildman–Crippen LogP) is 4.16. The van der Waals surface area contributed by atoms with Crippen LogP contribution in [-0.2, 0) is 16.0 Å². The molecule has 0 radical (unpaired) electrons. The summed E-state index contributed by atoms with van der Waals surface area (Å²) in [4.78, 5) is 18.9. The average molecular weight is 422 g/mol. The number of alkyl halides is 3. The van der Waals surface area contributed by atoms with Gasteiger partial charge in [0.05, 0.1) is 19.4 Å². The Kier molecular flexibility index (Phi) is 7.31. The summed E-state index contributed by atoms with van der Waals surface area (Å²) in [6, 6.07) is 11.0. The van der Waals surface area contributed by atoms with Crippen LogP contribution in [0.25, 0.3) is 0 Å². The van der Waals surface area contributed by atoms with Crippen LogP contribution in [0.2, 0.25) is 0 Å². The van der Waals surface area contributed by atoms with E-state index in [1.807, 2.05) is 31.2 Å². The van der Waals surface area contributed by atoms with Crippen molar-refractivity contribution in [1.82, 2.24) is 4.98 Å². The van der Waals surface area contributed by atoms with E-state index < -0.39 is 12.8 Å². The van der Waals surface area contributed by atoms with Gasteiger partial charge in [0.1, 0.15) is 11.5 Å². The molecule has 0 bridgehead atoms. The third-order valence-corrected chi connectivity index (χ3v) is 4.91. The van der Waals surface area contributed by atoms with E-state index in [1.165, 1.54) is 12.3 Å². The summed E-state index contributed by atoms with van der Waals surface area (Å²) in [6.07, 6.45) is -2.49. The number of ketones is 1. The molecule has 3 rings (SSSR count). The maximum atomic E-state index is 12.5. The average Bonchev–Trinajstić information content (AvgIpc) is 2.73. The molecule has 1 aliphatic rings. The molecule has 162 valence electrons. The minimum atomic E-state index is -4.39. The number of hydrogen-bond donors (Lipinski definition) is 0. The van der Waals surface area contributed by atoms with Crippen LogP contribution < -0.4 is 9.64 Å². The van der Waals surface area contributed by atoms with E-state index in [0.29, 0.717) is 18.5 Å². The predicted molar refractivity (Wildman–Crippen MR) is 107 cm³/mol. The Bertz CT molecular complexity index is 817. The number of pyridine rings is 1. The fourth-order valence-corrected chi connectivity index (χ4v) is 3.33. The SMILES string of the molecule is C[C@@H](CC(=O)Cc1ccc(N2CCOCC2)cc1)c1ccc(OCC(F)(F)F)cn1. The number of carbonyl (C=O) groups is 1. The zero-order valence-electron chi connectivity index (χ0n) is 16.8. The minimum absolute atomic E-state index is 0.0509. The molecule has 0 saturated carbocycles. The van der Waals surface area contributed by atoms with Crippen LogP contribution in [0.15, 0.2) is 42.6 Å². The van der Waals surface area contributed by atoms with E-state index in [1.54, 1.807) is 6.07 Å². The number of Topliss-reactive ketones (excluding diaryl/α,β-unsaturated/α-hetero) is 1. The first-order chi connectivity index (χ1) is 14.3. The van der Waals surface area contributed by atoms with Gasteiger partial charge < -0.3 is 14.4 Å². The second kappa shape index (κ2) is 9.93. The van der Waals surface area contributed by atoms with Crippen molar-refractivity contribution in [3.05, 3.63) is 53.9 Å². The monoisotopic (exact) mass is 422 g/mol. The molecule has 8 heteroatoms. The number of nitrogens with zero attached hydrogens (tertiary/aromatic N) is 2. The molecule has 0 unspecified atom stereocenters. The van der Waals surface area contributed by atoms with Crippen molar-refractivity contribution < 1.29 is 27.4 Å². The largest absolute Gasteiger partial charge is 0.483 e. The van der Waals surface area contributed by atoms with Crippen LogP contribution in [0, 0.1) is 0 Å². The van der Waals surface area contributed by atoms with E-state index in [-0.39, 0.29) is 17.5 Å². The Balaban J connectivity index is 1.49. The Morgan fingerprint density at radius 3 is 2.47 bits per heavy atom. The van der Waals surface area contributed by atoms with E-state index in [2.05, 4.69) is 14.6 Å². The lowest BCUT2D eigenvalue weighted by atomic mass is 9.96. The van der Waals surface area contributed by atoms with Crippen LogP contribution in [-0.4, -0.2) is 49.9 Å². The smallest absolute Gasteiger partial charge is 0.422 e. The number of halogens is 3. The van der Waals surface area contributed by atoms with Gasteiger partial charge in [-0.05, 0) is 29.8 Å². The molecule has 0 aliphatic carbocycles. The van der Waals surface area contributed by atoms with E-state index in [9.17, 15) is 18.0 Å². The molecular formula is C22H25F3N2O3. The van der Waals surface area contributed by atoms with Crippen molar-refractivity contribution in [2.45, 2.75) is 31.9 Å². The first-order valence-corrected chi connectivity index (χ1v) is 9.89. The number of benzene rings is 1. The highest BCUT2D eigenvalue weighted by atomic mass is 19.4. The molecule has 5 nitrogen and oxygen atoms in total. The van der Waals surface area contributed by atoms with Gasteiger partial charge in [-0.15, -0.1) is 0 Å². The Morgan fingerprint density at radius 2 is 1.87 bits per heavy atom. The van der Waals surface area contributed by atoms with Crippen molar-refractivity contribution in [2.75, 3.05) is 37.8 Å². The second-order valence-electron chi connectivity index (χ2n) is 7.41. The van der Waals surface area contributed by atoms with Crippen LogP contribution in [0.5, 0.6) is 5.75 Å². The summed E-state index contributed by atoms with van der Waals surface area (Å²) in [5.74, 6) is -0.00225. The van der Waals surface area contributed by atoms with Crippen molar-refractivity contribution in [1.29, 1.82) is 0 Å². The highest BCUT2D eigenvalue weighted by Gasteiger charge is 2.28. The third-order valence-electron chi connectivity index (χ3n) is 4.91. The maximum Gasteiger partial charge on any atom is 0.422 e. The number of morpholine rings is 1. The van der Waals surface area contributed by atoms with Gasteiger partial charge in [0.15, 0.2) is 6.61 Å². The van der Waals surface area contributed by atoms with Gasteiger partial charge in [0.25, 0.3) is 0 Å². The van der Waals surface area contributed by atoms with Crippen molar-refractivity contribution in [3.8, 4) is 5.75 Å². The molecule has 1 atom stereocenters. The van der Waals surface area contributed by atoms with Gasteiger partial charge in [-0.2, -0.15) is 13.2 Å².